The van der Waals surface area contributed by atoms with E-state index in [-0.39, 0.29) is 95.4 Å². The molecule has 0 radical (unpaired) electrons. The quantitative estimate of drug-likeness (QED) is 0.0153. The lowest BCUT2D eigenvalue weighted by Gasteiger charge is -2.36. The normalized spacial score (nSPS) is 24.9. The van der Waals surface area contributed by atoms with Crippen molar-refractivity contribution in [3.63, 3.8) is 0 Å². The second kappa shape index (κ2) is 49.1. The van der Waals surface area contributed by atoms with E-state index in [1.165, 1.54) is 57.8 Å². The van der Waals surface area contributed by atoms with Crippen LogP contribution >= 0.6 is 11.8 Å². The van der Waals surface area contributed by atoms with Gasteiger partial charge in [-0.3, -0.25) is 86.9 Å². The monoisotopic (exact) mass is 1880 g/mol. The van der Waals surface area contributed by atoms with Gasteiger partial charge in [0.25, 0.3) is 0 Å². The van der Waals surface area contributed by atoms with Crippen LogP contribution in [-0.2, 0) is 107 Å². The van der Waals surface area contributed by atoms with Gasteiger partial charge in [-0.25, -0.2) is 4.98 Å². The minimum absolute atomic E-state index is 0.0261. The molecule has 3 fully saturated rings. The van der Waals surface area contributed by atoms with Crippen molar-refractivity contribution >= 4 is 140 Å². The Balaban J connectivity index is 1.09. The number of phenols is 1. The molecule has 3 aromatic carbocycles. The van der Waals surface area contributed by atoms with Crippen LogP contribution in [0.15, 0.2) is 97.7 Å². The van der Waals surface area contributed by atoms with Gasteiger partial charge in [-0.1, -0.05) is 82.1 Å². The number of rotatable bonds is 24. The van der Waals surface area contributed by atoms with E-state index in [0.717, 1.165) is 43.3 Å². The Morgan fingerprint density at radius 1 is 0.560 bits per heavy atom. The van der Waals surface area contributed by atoms with E-state index in [1.807, 2.05) is 0 Å². The first-order chi connectivity index (χ1) is 63.8. The van der Waals surface area contributed by atoms with E-state index < -0.39 is 248 Å². The van der Waals surface area contributed by atoms with Crippen molar-refractivity contribution in [1.82, 2.24) is 103 Å². The molecule has 3 aliphatic heterocycles. The Morgan fingerprint density at radius 3 is 1.71 bits per heavy atom. The number of H-pyrrole nitrogens is 3. The second-order valence-electron chi connectivity index (χ2n) is 34.0. The number of amides is 17. The number of imidazole rings is 1. The number of hydrogen-bond donors (Lipinski definition) is 22. The Kier molecular flexibility index (Phi) is 38.1. The van der Waals surface area contributed by atoms with Crippen LogP contribution in [0.2, 0.25) is 0 Å². The first-order valence-corrected chi connectivity index (χ1v) is 45.3. The molecule has 0 saturated carbocycles. The number of nitrogens with two attached hydrogens (primary N) is 3. The van der Waals surface area contributed by atoms with Crippen molar-refractivity contribution in [2.24, 2.45) is 23.1 Å². The van der Waals surface area contributed by atoms with Crippen LogP contribution in [0, 0.1) is 11.3 Å². The van der Waals surface area contributed by atoms with Gasteiger partial charge in [0, 0.05) is 125 Å². The molecular formula is C88H122N24O21S. The topological polar surface area (TPSA) is 682 Å². The maximum atomic E-state index is 15.6. The number of nitrogens with zero attached hydrogens (tertiary/aromatic N) is 6. The number of aromatic hydroxyl groups is 1. The number of aromatic amines is 3. The van der Waals surface area contributed by atoms with Gasteiger partial charge in [0.15, 0.2) is 5.96 Å². The predicted molar refractivity (Wildman–Crippen MR) is 487 cm³/mol. The number of unbranched alkanes of at least 4 members (excludes halogenated alkanes) is 1. The highest BCUT2D eigenvalue weighted by molar-refractivity contribution is 8.00. The summed E-state index contributed by atoms with van der Waals surface area (Å²) in [5.41, 5.74) is 19.5. The van der Waals surface area contributed by atoms with Crippen LogP contribution in [0.3, 0.4) is 0 Å². The summed E-state index contributed by atoms with van der Waals surface area (Å²) in [6.07, 6.45) is 2.31. The third-order valence-corrected chi connectivity index (χ3v) is 24.7. The number of hydrogen-bond acceptors (Lipinski definition) is 24. The largest absolute Gasteiger partial charge is 0.508 e. The second-order valence-corrected chi connectivity index (χ2v) is 35.0. The number of aliphatic hydroxyl groups excluding tert-OH is 3. The first kappa shape index (κ1) is 104. The summed E-state index contributed by atoms with van der Waals surface area (Å²) < 4.78 is 0. The standard InChI is InChI=1S/C88H122N24O21S/c1-8-9-21-68-87(133)110(7)70(42-114)82(128)100-58(20-14-27-94-88(91)92)76(122)107-66(75(121)97-39-72(90)118)43-134-44-73(119)99-62(30-48-23-25-52(115)26-24-48)83(129)108(5)47(4)74(120)103-64(35-71(89)117)85(131)111-28-15-22-67(111)80(126)102-60(33-51-38-93-45-98-51)78(124)104-61(29-46(2)3)86(132)112-40-53(116)34-69(112)81(127)101-59(31-49-36-95-56-18-12-10-16-54(49)56)77(123)106-65(41-113)79(125)105-63(84(130)109(68)6)32-50-37-96-57-19-13-11-17-55(50)57/h10-13,16-19,23-26,36-38,45-47,53,58-70,95-96,113-116H,8-9,14-15,20-22,27-35,39-44H2,1-7H3,(H2,89,117)(H2,90,118)(H,93,98)(H,97,121)(H,99,119)(H,100,128)(H,101,127)(H,102,126)(H,103,120)(H,104,124)(H,105,125)(H,106,123)(H,107,122)(H4,91,92,94)/t47-,53+,58-,59-,60-,61-,62-,63-,64-,65-,66?,67-,68-,69-,70-/m0/s1. The molecule has 0 aliphatic carbocycles. The highest BCUT2D eigenvalue weighted by Gasteiger charge is 2.47. The third-order valence-electron chi connectivity index (χ3n) is 23.7. The lowest BCUT2D eigenvalue weighted by Crippen LogP contribution is -2.62. The van der Waals surface area contributed by atoms with Crippen LogP contribution in [0.5, 0.6) is 5.75 Å². The lowest BCUT2D eigenvalue weighted by molar-refractivity contribution is -0.150. The van der Waals surface area contributed by atoms with Crippen molar-refractivity contribution < 1.29 is 102 Å². The molecule has 3 saturated heterocycles. The number of para-hydroxylation sites is 2. The van der Waals surface area contributed by atoms with Crippen LogP contribution in [-0.4, -0.2) is 334 Å². The highest BCUT2D eigenvalue weighted by atomic mass is 32.2. The molecule has 6 heterocycles. The molecule has 9 rings (SSSR count). The van der Waals surface area contributed by atoms with Crippen molar-refractivity contribution in [3.8, 4) is 5.75 Å². The molecule has 15 atom stereocenters. The minimum Gasteiger partial charge on any atom is -0.508 e. The molecule has 0 bridgehead atoms. The summed E-state index contributed by atoms with van der Waals surface area (Å²) in [5.74, 6) is -19.1. The average Bonchev–Trinajstić information content (AvgIpc) is 1.63. The Morgan fingerprint density at radius 2 is 1.11 bits per heavy atom. The maximum absolute atomic E-state index is 15.6. The van der Waals surface area contributed by atoms with Crippen LogP contribution in [0.1, 0.15) is 114 Å². The minimum atomic E-state index is -1.92. The van der Waals surface area contributed by atoms with Gasteiger partial charge in [0.1, 0.15) is 90.3 Å². The fraction of sp³-hybridized carbons (Fsp3) is 0.511. The number of thioether (sulfide) groups is 1. The zero-order chi connectivity index (χ0) is 97.9. The van der Waals surface area contributed by atoms with E-state index >= 15 is 33.6 Å². The fourth-order valence-corrected chi connectivity index (χ4v) is 17.1. The maximum Gasteiger partial charge on any atom is 0.246 e. The number of aliphatic hydroxyl groups is 3. The van der Waals surface area contributed by atoms with Crippen LogP contribution < -0.4 is 75.7 Å². The Hall–Kier alpha value is -13.8. The van der Waals surface area contributed by atoms with Gasteiger partial charge >= 0.3 is 0 Å². The number of nitrogens with one attached hydrogen (secondary N) is 15. The molecule has 17 amide bonds. The number of carbonyl (C=O) groups is 17. The molecule has 134 heavy (non-hydrogen) atoms. The van der Waals surface area contributed by atoms with Crippen LogP contribution in [0.4, 0.5) is 0 Å². The molecule has 3 aromatic heterocycles. The molecule has 0 spiro atoms. The third kappa shape index (κ3) is 28.4. The number of primary amides is 2. The Bertz CT molecular complexity index is 5210. The van der Waals surface area contributed by atoms with E-state index in [2.05, 4.69) is 78.4 Å². The van der Waals surface area contributed by atoms with Crippen molar-refractivity contribution in [2.45, 2.75) is 208 Å². The molecular weight excluding hydrogens is 1760 g/mol. The molecule has 1 unspecified atom stereocenters. The molecule has 6 aromatic rings. The van der Waals surface area contributed by atoms with Gasteiger partial charge < -0.3 is 136 Å². The average molecular weight is 1880 g/mol. The van der Waals surface area contributed by atoms with Crippen LogP contribution in [0.25, 0.3) is 21.8 Å². The van der Waals surface area contributed by atoms with E-state index in [9.17, 15) is 68.4 Å². The smallest absolute Gasteiger partial charge is 0.246 e. The van der Waals surface area contributed by atoms with Crippen molar-refractivity contribution in [1.29, 1.82) is 5.41 Å². The number of guanidine groups is 1. The highest BCUT2D eigenvalue weighted by Crippen LogP contribution is 2.28. The number of benzene rings is 3. The summed E-state index contributed by atoms with van der Waals surface area (Å²) >= 11 is 0.721. The molecule has 25 N–H and O–H groups in total. The summed E-state index contributed by atoms with van der Waals surface area (Å²) in [6.45, 7) is 2.85. The van der Waals surface area contributed by atoms with Crippen molar-refractivity contribution in [2.75, 3.05) is 72.0 Å². The number of carbonyl (C=O) groups excluding carboxylic acids is 17. The number of phenolic OH excluding ortho intramolecular Hbond substituents is 1. The summed E-state index contributed by atoms with van der Waals surface area (Å²) in [7, 11) is 3.61. The van der Waals surface area contributed by atoms with E-state index in [0.29, 0.717) is 50.6 Å². The summed E-state index contributed by atoms with van der Waals surface area (Å²) in [5, 5.41) is 81.5. The number of aromatic nitrogens is 4. The van der Waals surface area contributed by atoms with E-state index in [4.69, 9.17) is 22.6 Å². The van der Waals surface area contributed by atoms with Gasteiger partial charge in [-0.2, -0.15) is 0 Å². The summed E-state index contributed by atoms with van der Waals surface area (Å²) in [4.78, 5) is 267. The molecule has 726 valence electrons. The SMILES string of the molecule is CCCC[C@H]1C(=O)N(C)[C@@H](CO)C(=O)N[C@@H](CCCNC(=N)N)C(=O)NC(C(=O)NCC(N)=O)CSCC(=O)N[C@@H](Cc2ccc(O)cc2)C(=O)N(C)[C@@H](C)C(=O)N[C@@H](CC(N)=O)C(=O)N2CCC[C@H]2C(=O)N[C@@H](Cc2cnc[nH]2)C(=O)N[C@@H](CC(C)C)C(=O)N2C[C@H](O)C[C@H]2C(=O)N[C@@H](Cc2c[nH]c3ccccc23)C(=O)N[C@@H](CO)C(=O)N[C@@H](Cc2c[nH]c3ccccc23)C(=O)N1C. The number of fused-ring (bicyclic) bond motifs is 4. The lowest BCUT2D eigenvalue weighted by atomic mass is 10.0. The molecule has 45 nitrogen and oxygen atoms in total. The summed E-state index contributed by atoms with van der Waals surface area (Å²) in [6, 6.07) is -3.39. The molecule has 3 aliphatic rings. The number of likely N-dealkylation sites (N-methyl/N-ethyl adjacent to an activating group) is 3. The van der Waals surface area contributed by atoms with Gasteiger partial charge in [-0.15, -0.1) is 11.8 Å². The Labute approximate surface area is 775 Å². The zero-order valence-electron chi connectivity index (χ0n) is 75.6. The van der Waals surface area contributed by atoms with Gasteiger partial charge in [0.05, 0.1) is 44.4 Å². The molecule has 46 heteroatoms. The zero-order valence-corrected chi connectivity index (χ0v) is 76.4. The van der Waals surface area contributed by atoms with Crippen molar-refractivity contribution in [3.05, 3.63) is 120 Å². The van der Waals surface area contributed by atoms with Gasteiger partial charge in [0.2, 0.25) is 100 Å². The van der Waals surface area contributed by atoms with Gasteiger partial charge in [-0.05, 0) is 92.3 Å². The first-order valence-electron chi connectivity index (χ1n) is 44.2. The predicted octanol–water partition coefficient (Wildman–Crippen LogP) is -5.13. The van der Waals surface area contributed by atoms with E-state index in [1.54, 1.807) is 81.7 Å². The fourth-order valence-electron chi connectivity index (χ4n) is 16.3.